The monoisotopic (exact) mass is 479 g/mol. The van der Waals surface area contributed by atoms with Gasteiger partial charge in [0.15, 0.2) is 0 Å². The SMILES string of the molecule is CCC1=C(C(O)(c2ccccc2)c2ccccc2)CC=C2C=CC(C(=O)Nc3ncn(CC)n3)=CN21. The number of allylic oxidation sites excluding steroid dienone is 3. The zero-order valence-corrected chi connectivity index (χ0v) is 20.4. The molecular weight excluding hydrogens is 450 g/mol. The number of amides is 1. The van der Waals surface area contributed by atoms with Crippen LogP contribution in [0.15, 0.2) is 114 Å². The molecular formula is C29H29N5O2. The average Bonchev–Trinajstić information content (AvgIpc) is 3.40. The van der Waals surface area contributed by atoms with Gasteiger partial charge in [0.2, 0.25) is 5.95 Å². The van der Waals surface area contributed by atoms with Gasteiger partial charge in [-0.3, -0.25) is 14.8 Å². The Morgan fingerprint density at radius 1 is 1.03 bits per heavy atom. The quantitative estimate of drug-likeness (QED) is 0.505. The molecule has 2 aliphatic heterocycles. The van der Waals surface area contributed by atoms with E-state index in [9.17, 15) is 9.90 Å². The van der Waals surface area contributed by atoms with Crippen molar-refractivity contribution in [3.8, 4) is 0 Å². The fourth-order valence-electron chi connectivity index (χ4n) is 4.81. The molecule has 0 aliphatic carbocycles. The molecule has 0 unspecified atom stereocenters. The number of carbonyl (C=O) groups is 1. The molecule has 0 radical (unpaired) electrons. The van der Waals surface area contributed by atoms with Gasteiger partial charge in [0, 0.05) is 24.1 Å². The first-order valence-corrected chi connectivity index (χ1v) is 12.2. The standard InChI is InChI=1S/C29H29N5O2/c1-3-26-25(29(36,22-11-7-5-8-12-22)23-13-9-6-10-14-23)18-17-24-16-15-21(19-34(24)26)27(35)31-28-30-20-33(4-2)32-28/h5-17,19-20,36H,3-4,18H2,1-2H3,(H,31,32,35). The van der Waals surface area contributed by atoms with Crippen molar-refractivity contribution in [3.63, 3.8) is 0 Å². The summed E-state index contributed by atoms with van der Waals surface area (Å²) in [5.74, 6) is -0.0197. The largest absolute Gasteiger partial charge is 0.376 e. The number of nitrogens with zero attached hydrogens (tertiary/aromatic N) is 4. The van der Waals surface area contributed by atoms with Crippen LogP contribution < -0.4 is 5.32 Å². The molecule has 7 heteroatoms. The normalized spacial score (nSPS) is 15.4. The molecule has 36 heavy (non-hydrogen) atoms. The lowest BCUT2D eigenvalue weighted by molar-refractivity contribution is -0.112. The van der Waals surface area contributed by atoms with Crippen molar-refractivity contribution in [1.82, 2.24) is 19.7 Å². The van der Waals surface area contributed by atoms with Crippen LogP contribution >= 0.6 is 0 Å². The molecule has 7 nitrogen and oxygen atoms in total. The maximum atomic E-state index is 13.0. The molecule has 0 atom stereocenters. The second-order valence-electron chi connectivity index (χ2n) is 8.72. The fraction of sp³-hybridized carbons (Fsp3) is 0.207. The zero-order valence-electron chi connectivity index (χ0n) is 20.4. The van der Waals surface area contributed by atoms with Crippen LogP contribution in [-0.4, -0.2) is 30.7 Å². The molecule has 0 fully saturated rings. The molecule has 1 aromatic heterocycles. The van der Waals surface area contributed by atoms with Crippen LogP contribution in [0.5, 0.6) is 0 Å². The van der Waals surface area contributed by atoms with Gasteiger partial charge < -0.3 is 10.0 Å². The molecule has 1 amide bonds. The molecule has 2 N–H and O–H groups in total. The fourth-order valence-corrected chi connectivity index (χ4v) is 4.81. The first-order valence-electron chi connectivity index (χ1n) is 12.2. The summed E-state index contributed by atoms with van der Waals surface area (Å²) in [5.41, 5.74) is 3.61. The average molecular weight is 480 g/mol. The molecule has 3 aromatic rings. The summed E-state index contributed by atoms with van der Waals surface area (Å²) >= 11 is 0. The minimum absolute atomic E-state index is 0.269. The molecule has 2 aliphatic rings. The van der Waals surface area contributed by atoms with E-state index in [2.05, 4.69) is 28.4 Å². The van der Waals surface area contributed by atoms with Gasteiger partial charge in [-0.25, -0.2) is 4.98 Å². The van der Waals surface area contributed by atoms with Crippen molar-refractivity contribution in [1.29, 1.82) is 0 Å². The highest BCUT2D eigenvalue weighted by atomic mass is 16.3. The van der Waals surface area contributed by atoms with E-state index in [-0.39, 0.29) is 11.9 Å². The van der Waals surface area contributed by atoms with Crippen LogP contribution in [0.1, 0.15) is 37.8 Å². The van der Waals surface area contributed by atoms with E-state index >= 15 is 0 Å². The Hall–Kier alpha value is -4.23. The van der Waals surface area contributed by atoms with E-state index in [1.165, 1.54) is 0 Å². The number of fused-ring (bicyclic) bond motifs is 1. The lowest BCUT2D eigenvalue weighted by Crippen LogP contribution is -2.35. The van der Waals surface area contributed by atoms with Gasteiger partial charge in [-0.05, 0) is 48.6 Å². The van der Waals surface area contributed by atoms with E-state index in [0.717, 1.165) is 28.1 Å². The second kappa shape index (κ2) is 9.79. The van der Waals surface area contributed by atoms with Crippen molar-refractivity contribution in [2.24, 2.45) is 0 Å². The molecule has 3 heterocycles. The second-order valence-corrected chi connectivity index (χ2v) is 8.72. The number of hydrogen-bond donors (Lipinski definition) is 2. The Morgan fingerprint density at radius 2 is 1.69 bits per heavy atom. The van der Waals surface area contributed by atoms with Crippen LogP contribution in [0, 0.1) is 0 Å². The Bertz CT molecular complexity index is 1340. The molecule has 2 aromatic carbocycles. The van der Waals surface area contributed by atoms with Crippen LogP contribution in [0.4, 0.5) is 5.95 Å². The van der Waals surface area contributed by atoms with Crippen LogP contribution in [0.2, 0.25) is 0 Å². The minimum Gasteiger partial charge on any atom is -0.376 e. The summed E-state index contributed by atoms with van der Waals surface area (Å²) in [4.78, 5) is 19.2. The third kappa shape index (κ3) is 4.18. The third-order valence-electron chi connectivity index (χ3n) is 6.64. The van der Waals surface area contributed by atoms with E-state index < -0.39 is 5.60 Å². The Balaban J connectivity index is 1.55. The Kier molecular flexibility index (Phi) is 6.40. The van der Waals surface area contributed by atoms with Gasteiger partial charge in [-0.2, -0.15) is 0 Å². The number of nitrogens with one attached hydrogen (secondary N) is 1. The lowest BCUT2D eigenvalue weighted by Gasteiger charge is -2.40. The van der Waals surface area contributed by atoms with Crippen molar-refractivity contribution in [3.05, 3.63) is 125 Å². The van der Waals surface area contributed by atoms with Gasteiger partial charge in [0.05, 0.1) is 5.57 Å². The first kappa shape index (κ1) is 23.5. The lowest BCUT2D eigenvalue weighted by atomic mass is 9.76. The summed E-state index contributed by atoms with van der Waals surface area (Å²) in [5, 5.41) is 19.4. The maximum Gasteiger partial charge on any atom is 0.259 e. The van der Waals surface area contributed by atoms with Crippen LogP contribution in [0.3, 0.4) is 0 Å². The Labute approximate surface area is 210 Å². The number of carbonyl (C=O) groups excluding carboxylic acids is 1. The summed E-state index contributed by atoms with van der Waals surface area (Å²) in [6.45, 7) is 4.70. The van der Waals surface area contributed by atoms with Gasteiger partial charge >= 0.3 is 0 Å². The first-order chi connectivity index (χ1) is 17.5. The summed E-state index contributed by atoms with van der Waals surface area (Å²) in [6.07, 6.45) is 10.5. The highest BCUT2D eigenvalue weighted by Gasteiger charge is 2.39. The highest BCUT2D eigenvalue weighted by molar-refractivity contribution is 6.05. The molecule has 0 bridgehead atoms. The van der Waals surface area contributed by atoms with E-state index in [4.69, 9.17) is 0 Å². The number of benzene rings is 2. The number of aliphatic hydroxyl groups is 1. The minimum atomic E-state index is -1.32. The van der Waals surface area contributed by atoms with Crippen molar-refractivity contribution >= 4 is 11.9 Å². The van der Waals surface area contributed by atoms with Gasteiger partial charge in [-0.1, -0.05) is 73.7 Å². The zero-order chi connectivity index (χ0) is 25.1. The maximum absolute atomic E-state index is 13.0. The summed E-state index contributed by atoms with van der Waals surface area (Å²) in [6, 6.07) is 19.5. The number of aromatic nitrogens is 3. The number of rotatable bonds is 7. The van der Waals surface area contributed by atoms with Crippen molar-refractivity contribution in [2.75, 3.05) is 5.32 Å². The summed E-state index contributed by atoms with van der Waals surface area (Å²) in [7, 11) is 0. The molecule has 182 valence electrons. The predicted octanol–water partition coefficient (Wildman–Crippen LogP) is 4.88. The van der Waals surface area contributed by atoms with Gasteiger partial charge in [0.25, 0.3) is 5.91 Å². The number of anilines is 1. The predicted molar refractivity (Wildman–Crippen MR) is 139 cm³/mol. The van der Waals surface area contributed by atoms with Crippen molar-refractivity contribution < 1.29 is 9.90 Å². The molecule has 0 spiro atoms. The van der Waals surface area contributed by atoms with Gasteiger partial charge in [-0.15, -0.1) is 5.10 Å². The Morgan fingerprint density at radius 3 is 2.28 bits per heavy atom. The van der Waals surface area contributed by atoms with Crippen molar-refractivity contribution in [2.45, 2.75) is 38.8 Å². The van der Waals surface area contributed by atoms with E-state index in [0.29, 0.717) is 25.0 Å². The molecule has 5 rings (SSSR count). The molecule has 0 saturated heterocycles. The number of hydrogen-bond acceptors (Lipinski definition) is 5. The van der Waals surface area contributed by atoms with Gasteiger partial charge in [0.1, 0.15) is 11.9 Å². The summed E-state index contributed by atoms with van der Waals surface area (Å²) < 4.78 is 1.66. The van der Waals surface area contributed by atoms with E-state index in [1.807, 2.05) is 84.8 Å². The third-order valence-corrected chi connectivity index (χ3v) is 6.64. The van der Waals surface area contributed by atoms with Crippen LogP contribution in [-0.2, 0) is 16.9 Å². The number of aryl methyl sites for hydroxylation is 1. The smallest absolute Gasteiger partial charge is 0.259 e. The topological polar surface area (TPSA) is 83.3 Å². The molecule has 0 saturated carbocycles. The van der Waals surface area contributed by atoms with Crippen LogP contribution in [0.25, 0.3) is 0 Å². The van der Waals surface area contributed by atoms with E-state index in [1.54, 1.807) is 17.1 Å². The highest BCUT2D eigenvalue weighted by Crippen LogP contribution is 2.44.